The molecule has 2 amide bonds. The molecule has 98 valence electrons. The van der Waals surface area contributed by atoms with E-state index in [0.717, 1.165) is 17.7 Å². The van der Waals surface area contributed by atoms with Gasteiger partial charge in [-0.05, 0) is 23.8 Å². The van der Waals surface area contributed by atoms with Gasteiger partial charge in [0.2, 0.25) is 5.91 Å². The number of rotatable bonds is 2. The average Bonchev–Trinajstić information content (AvgIpc) is 2.87. The third-order valence-electron chi connectivity index (χ3n) is 3.11. The minimum absolute atomic E-state index is 0.161. The molecule has 2 N–H and O–H groups in total. The lowest BCUT2D eigenvalue weighted by atomic mass is 10.1. The van der Waals surface area contributed by atoms with Crippen LogP contribution in [-0.2, 0) is 16.0 Å². The van der Waals surface area contributed by atoms with Gasteiger partial charge in [0, 0.05) is 24.9 Å². The second kappa shape index (κ2) is 4.72. The van der Waals surface area contributed by atoms with E-state index in [1.165, 1.54) is 0 Å². The lowest BCUT2D eigenvalue weighted by molar-refractivity contribution is -0.121. The molecule has 0 saturated carbocycles. The van der Waals surface area contributed by atoms with Crippen molar-refractivity contribution in [2.45, 2.75) is 19.3 Å². The first-order chi connectivity index (χ1) is 9.22. The largest absolute Gasteiger partial charge is 0.493 e. The summed E-state index contributed by atoms with van der Waals surface area (Å²) in [6.45, 7) is 0.686. The topological polar surface area (TPSA) is 79.8 Å². The van der Waals surface area contributed by atoms with Crippen molar-refractivity contribution in [1.82, 2.24) is 5.43 Å². The van der Waals surface area contributed by atoms with Gasteiger partial charge in [0.15, 0.2) is 0 Å². The fraction of sp³-hybridized carbons (Fsp3) is 0.308. The van der Waals surface area contributed by atoms with Crippen LogP contribution < -0.4 is 15.5 Å². The first-order valence-corrected chi connectivity index (χ1v) is 6.15. The molecule has 2 heterocycles. The highest BCUT2D eigenvalue weighted by atomic mass is 16.5. The summed E-state index contributed by atoms with van der Waals surface area (Å²) in [5.41, 5.74) is 4.46. The number of fused-ring (bicyclic) bond motifs is 1. The predicted molar refractivity (Wildman–Crippen MR) is 69.1 cm³/mol. The molecule has 0 aliphatic carbocycles. The van der Waals surface area contributed by atoms with Crippen LogP contribution >= 0.6 is 0 Å². The summed E-state index contributed by atoms with van der Waals surface area (Å²) in [4.78, 5) is 22.9. The quantitative estimate of drug-likeness (QED) is 0.825. The highest BCUT2D eigenvalue weighted by Crippen LogP contribution is 2.27. The summed E-state index contributed by atoms with van der Waals surface area (Å²) in [6, 6.07) is 5.55. The van der Waals surface area contributed by atoms with Crippen LogP contribution in [0.15, 0.2) is 23.3 Å². The fourth-order valence-corrected chi connectivity index (χ4v) is 2.11. The number of anilines is 1. The molecule has 6 nitrogen and oxygen atoms in total. The number of carbonyl (C=O) groups excluding carboxylic acids is 2. The van der Waals surface area contributed by atoms with E-state index in [9.17, 15) is 9.59 Å². The second-order valence-electron chi connectivity index (χ2n) is 4.47. The van der Waals surface area contributed by atoms with E-state index in [2.05, 4.69) is 15.8 Å². The van der Waals surface area contributed by atoms with Crippen LogP contribution in [0.2, 0.25) is 0 Å². The predicted octanol–water partition coefficient (Wildman–Crippen LogP) is 0.826. The summed E-state index contributed by atoms with van der Waals surface area (Å²) in [5.74, 6) is 0.436. The van der Waals surface area contributed by atoms with Crippen molar-refractivity contribution in [3.63, 3.8) is 0 Å². The molecule has 0 unspecified atom stereocenters. The minimum Gasteiger partial charge on any atom is -0.493 e. The average molecular weight is 259 g/mol. The van der Waals surface area contributed by atoms with Gasteiger partial charge in [-0.2, -0.15) is 5.10 Å². The minimum atomic E-state index is -0.279. The Morgan fingerprint density at radius 3 is 3.00 bits per heavy atom. The van der Waals surface area contributed by atoms with Crippen LogP contribution in [0.5, 0.6) is 5.75 Å². The first-order valence-electron chi connectivity index (χ1n) is 6.15. The SMILES string of the molecule is O=C1CCC(C(=O)Nc2ccc3c(c2)CCO3)=NN1. The third-order valence-corrected chi connectivity index (χ3v) is 3.11. The molecule has 0 aromatic heterocycles. The van der Waals surface area contributed by atoms with Gasteiger partial charge in [-0.15, -0.1) is 0 Å². The normalized spacial score (nSPS) is 17.1. The Morgan fingerprint density at radius 1 is 1.32 bits per heavy atom. The van der Waals surface area contributed by atoms with Crippen LogP contribution in [-0.4, -0.2) is 24.1 Å². The van der Waals surface area contributed by atoms with Crippen molar-refractivity contribution in [1.29, 1.82) is 0 Å². The standard InChI is InChI=1S/C13H13N3O3/c17-12-4-2-10(15-16-12)13(18)14-9-1-3-11-8(7-9)5-6-19-11/h1,3,7H,2,4-6H2,(H,14,18)(H,16,17). The molecule has 0 atom stereocenters. The lowest BCUT2D eigenvalue weighted by Gasteiger charge is -2.12. The molecule has 3 rings (SSSR count). The summed E-state index contributed by atoms with van der Waals surface area (Å²) in [7, 11) is 0. The van der Waals surface area contributed by atoms with E-state index in [0.29, 0.717) is 30.8 Å². The van der Waals surface area contributed by atoms with Gasteiger partial charge < -0.3 is 10.1 Å². The summed E-state index contributed by atoms with van der Waals surface area (Å²) >= 11 is 0. The smallest absolute Gasteiger partial charge is 0.271 e. The Kier molecular flexibility index (Phi) is 2.91. The molecule has 0 bridgehead atoms. The number of hydrazone groups is 1. The monoisotopic (exact) mass is 259 g/mol. The van der Waals surface area contributed by atoms with Gasteiger partial charge in [-0.1, -0.05) is 0 Å². The fourth-order valence-electron chi connectivity index (χ4n) is 2.11. The molecular formula is C13H13N3O3. The van der Waals surface area contributed by atoms with Crippen LogP contribution in [0.3, 0.4) is 0 Å². The Morgan fingerprint density at radius 2 is 2.21 bits per heavy atom. The number of benzene rings is 1. The number of carbonyl (C=O) groups is 2. The van der Waals surface area contributed by atoms with Crippen molar-refractivity contribution in [3.8, 4) is 5.75 Å². The molecule has 2 aliphatic rings. The summed E-state index contributed by atoms with van der Waals surface area (Å²) < 4.78 is 5.40. The highest BCUT2D eigenvalue weighted by molar-refractivity contribution is 6.43. The molecule has 0 spiro atoms. The number of ether oxygens (including phenoxy) is 1. The number of nitrogens with zero attached hydrogens (tertiary/aromatic N) is 1. The summed E-state index contributed by atoms with van der Waals surface area (Å²) in [5, 5.41) is 6.54. The van der Waals surface area contributed by atoms with Gasteiger partial charge in [0.05, 0.1) is 6.61 Å². The van der Waals surface area contributed by atoms with E-state index in [1.54, 1.807) is 6.07 Å². The Balaban J connectivity index is 1.71. The van der Waals surface area contributed by atoms with E-state index in [4.69, 9.17) is 4.74 Å². The second-order valence-corrected chi connectivity index (χ2v) is 4.47. The maximum Gasteiger partial charge on any atom is 0.271 e. The van der Waals surface area contributed by atoms with E-state index in [1.807, 2.05) is 12.1 Å². The van der Waals surface area contributed by atoms with Crippen LogP contribution in [0.4, 0.5) is 5.69 Å². The van der Waals surface area contributed by atoms with Crippen molar-refractivity contribution < 1.29 is 14.3 Å². The van der Waals surface area contributed by atoms with E-state index in [-0.39, 0.29) is 11.8 Å². The van der Waals surface area contributed by atoms with Crippen molar-refractivity contribution in [2.75, 3.05) is 11.9 Å². The van der Waals surface area contributed by atoms with Crippen molar-refractivity contribution in [3.05, 3.63) is 23.8 Å². The van der Waals surface area contributed by atoms with Gasteiger partial charge >= 0.3 is 0 Å². The maximum absolute atomic E-state index is 11.9. The third kappa shape index (κ3) is 2.42. The van der Waals surface area contributed by atoms with Crippen LogP contribution in [0.1, 0.15) is 18.4 Å². The number of amides is 2. The molecule has 19 heavy (non-hydrogen) atoms. The number of nitrogens with one attached hydrogen (secondary N) is 2. The van der Waals surface area contributed by atoms with E-state index >= 15 is 0 Å². The molecule has 0 fully saturated rings. The number of hydrogen-bond donors (Lipinski definition) is 2. The molecule has 6 heteroatoms. The molecule has 1 aromatic rings. The Labute approximate surface area is 109 Å². The lowest BCUT2D eigenvalue weighted by Crippen LogP contribution is -2.32. The van der Waals surface area contributed by atoms with Gasteiger partial charge in [0.25, 0.3) is 5.91 Å². The van der Waals surface area contributed by atoms with Gasteiger partial charge in [-0.3, -0.25) is 9.59 Å². The molecule has 0 saturated heterocycles. The number of hydrogen-bond acceptors (Lipinski definition) is 4. The van der Waals surface area contributed by atoms with Gasteiger partial charge in [-0.25, -0.2) is 5.43 Å². The van der Waals surface area contributed by atoms with Gasteiger partial charge in [0.1, 0.15) is 11.5 Å². The molecular weight excluding hydrogens is 246 g/mol. The van der Waals surface area contributed by atoms with Crippen LogP contribution in [0, 0.1) is 0 Å². The highest BCUT2D eigenvalue weighted by Gasteiger charge is 2.19. The molecule has 2 aliphatic heterocycles. The van der Waals surface area contributed by atoms with Crippen LogP contribution in [0.25, 0.3) is 0 Å². The zero-order valence-corrected chi connectivity index (χ0v) is 10.2. The van der Waals surface area contributed by atoms with Crippen molar-refractivity contribution in [2.24, 2.45) is 5.10 Å². The van der Waals surface area contributed by atoms with Crippen molar-refractivity contribution >= 4 is 23.2 Å². The Hall–Kier alpha value is -2.37. The van der Waals surface area contributed by atoms with E-state index < -0.39 is 0 Å². The molecule has 1 aromatic carbocycles. The molecule has 0 radical (unpaired) electrons. The first kappa shape index (κ1) is 11.7. The Bertz CT molecular complexity index is 580. The zero-order chi connectivity index (χ0) is 13.2. The summed E-state index contributed by atoms with van der Waals surface area (Å²) in [6.07, 6.45) is 1.52. The zero-order valence-electron chi connectivity index (χ0n) is 10.2. The maximum atomic E-state index is 11.9.